The molecular weight excluding hydrogens is 300 g/mol. The lowest BCUT2D eigenvalue weighted by molar-refractivity contribution is 0.0952. The van der Waals surface area contributed by atoms with Crippen LogP contribution in [0.15, 0.2) is 59.7 Å². The quantitative estimate of drug-likeness (QED) is 0.674. The number of hydrogen-bond acceptors (Lipinski definition) is 3. The van der Waals surface area contributed by atoms with Crippen molar-refractivity contribution in [2.24, 2.45) is 5.10 Å². The highest BCUT2D eigenvalue weighted by molar-refractivity contribution is 6.31. The zero-order valence-corrected chi connectivity index (χ0v) is 12.7. The number of ether oxygens (including phenoxy) is 1. The molecule has 2 rings (SSSR count). The third-order valence-electron chi connectivity index (χ3n) is 2.82. The Morgan fingerprint density at radius 2 is 2.00 bits per heavy atom. The lowest BCUT2D eigenvalue weighted by Gasteiger charge is -2.06. The molecule has 0 bridgehead atoms. The summed E-state index contributed by atoms with van der Waals surface area (Å²) in [6.45, 7) is 0. The number of allylic oxidation sites excluding steroid dienone is 1. The normalized spacial score (nSPS) is 11.0. The van der Waals surface area contributed by atoms with Gasteiger partial charge in [-0.1, -0.05) is 48.0 Å². The largest absolute Gasteiger partial charge is 0.496 e. The van der Waals surface area contributed by atoms with E-state index in [0.29, 0.717) is 16.3 Å². The smallest absolute Gasteiger partial charge is 0.275 e. The summed E-state index contributed by atoms with van der Waals surface area (Å²) in [5.41, 5.74) is 3.81. The number of nitrogens with zero attached hydrogens (tertiary/aromatic N) is 1. The molecule has 0 fully saturated rings. The van der Waals surface area contributed by atoms with Gasteiger partial charge < -0.3 is 4.74 Å². The summed E-state index contributed by atoms with van der Waals surface area (Å²) in [4.78, 5) is 12.0. The molecule has 0 radical (unpaired) electrons. The standard InChI is InChI=1S/C17H15ClN2O2/c1-22-16-10-9-14(18)12-15(16)17(21)20-19-11-5-8-13-6-3-2-4-7-13/h2-12H,1H3,(H,20,21)/b8-5+,19-11+. The summed E-state index contributed by atoms with van der Waals surface area (Å²) < 4.78 is 5.12. The number of carbonyl (C=O) groups is 1. The van der Waals surface area contributed by atoms with Crippen LogP contribution >= 0.6 is 11.6 Å². The Labute approximate surface area is 134 Å². The average molecular weight is 315 g/mol. The van der Waals surface area contributed by atoms with Gasteiger partial charge in [-0.15, -0.1) is 0 Å². The van der Waals surface area contributed by atoms with Crippen molar-refractivity contribution in [2.75, 3.05) is 7.11 Å². The van der Waals surface area contributed by atoms with Crippen LogP contribution in [0.4, 0.5) is 0 Å². The Kier molecular flexibility index (Phi) is 5.74. The van der Waals surface area contributed by atoms with Gasteiger partial charge in [0.25, 0.3) is 5.91 Å². The molecule has 1 amide bonds. The van der Waals surface area contributed by atoms with E-state index in [2.05, 4.69) is 10.5 Å². The van der Waals surface area contributed by atoms with Gasteiger partial charge in [0.1, 0.15) is 5.75 Å². The fourth-order valence-electron chi connectivity index (χ4n) is 1.78. The lowest BCUT2D eigenvalue weighted by atomic mass is 10.2. The third-order valence-corrected chi connectivity index (χ3v) is 3.06. The van der Waals surface area contributed by atoms with Crippen LogP contribution < -0.4 is 10.2 Å². The Morgan fingerprint density at radius 3 is 2.73 bits per heavy atom. The number of halogens is 1. The number of carbonyl (C=O) groups excluding carboxylic acids is 1. The number of benzene rings is 2. The van der Waals surface area contributed by atoms with E-state index in [1.54, 1.807) is 18.2 Å². The molecule has 1 N–H and O–H groups in total. The molecule has 0 saturated heterocycles. The Morgan fingerprint density at radius 1 is 1.23 bits per heavy atom. The van der Waals surface area contributed by atoms with E-state index in [9.17, 15) is 4.79 Å². The van der Waals surface area contributed by atoms with E-state index in [4.69, 9.17) is 16.3 Å². The Hall–Kier alpha value is -2.59. The van der Waals surface area contributed by atoms with Crippen molar-refractivity contribution in [3.8, 4) is 5.75 Å². The molecule has 0 aromatic heterocycles. The van der Waals surface area contributed by atoms with Gasteiger partial charge in [-0.05, 0) is 29.8 Å². The lowest BCUT2D eigenvalue weighted by Crippen LogP contribution is -2.18. The molecule has 2 aromatic carbocycles. The number of nitrogens with one attached hydrogen (secondary N) is 1. The maximum atomic E-state index is 12.0. The first-order valence-corrected chi connectivity index (χ1v) is 6.97. The van der Waals surface area contributed by atoms with Crippen LogP contribution in [0.5, 0.6) is 5.75 Å². The van der Waals surface area contributed by atoms with Gasteiger partial charge in [0.05, 0.1) is 12.7 Å². The minimum atomic E-state index is -0.385. The van der Waals surface area contributed by atoms with Crippen molar-refractivity contribution in [1.82, 2.24) is 5.43 Å². The third kappa shape index (κ3) is 4.46. The predicted molar refractivity (Wildman–Crippen MR) is 89.4 cm³/mol. The van der Waals surface area contributed by atoms with Crippen LogP contribution in [0.25, 0.3) is 6.08 Å². The second-order valence-corrected chi connectivity index (χ2v) is 4.77. The highest BCUT2D eigenvalue weighted by Gasteiger charge is 2.11. The number of amides is 1. The van der Waals surface area contributed by atoms with Crippen LogP contribution in [-0.4, -0.2) is 19.2 Å². The summed E-state index contributed by atoms with van der Waals surface area (Å²) in [5.74, 6) is 0.0561. The maximum Gasteiger partial charge on any atom is 0.275 e. The second kappa shape index (κ2) is 8.00. The molecule has 0 unspecified atom stereocenters. The molecule has 0 aliphatic carbocycles. The molecular formula is C17H15ClN2O2. The molecule has 0 spiro atoms. The van der Waals surface area contributed by atoms with E-state index in [1.807, 2.05) is 36.4 Å². The van der Waals surface area contributed by atoms with Crippen molar-refractivity contribution in [3.05, 3.63) is 70.8 Å². The highest BCUT2D eigenvalue weighted by Crippen LogP contribution is 2.22. The first-order valence-electron chi connectivity index (χ1n) is 6.59. The summed E-state index contributed by atoms with van der Waals surface area (Å²) >= 11 is 5.88. The molecule has 2 aromatic rings. The minimum Gasteiger partial charge on any atom is -0.496 e. The summed E-state index contributed by atoms with van der Waals surface area (Å²) in [6.07, 6.45) is 5.13. The topological polar surface area (TPSA) is 50.7 Å². The fraction of sp³-hybridized carbons (Fsp3) is 0.0588. The number of hydrazone groups is 1. The van der Waals surface area contributed by atoms with Crippen LogP contribution in [0.2, 0.25) is 5.02 Å². The van der Waals surface area contributed by atoms with Crippen LogP contribution in [0.1, 0.15) is 15.9 Å². The molecule has 0 heterocycles. The van der Waals surface area contributed by atoms with E-state index in [-0.39, 0.29) is 5.91 Å². The van der Waals surface area contributed by atoms with E-state index in [0.717, 1.165) is 5.56 Å². The number of hydrogen-bond donors (Lipinski definition) is 1. The number of rotatable bonds is 5. The molecule has 22 heavy (non-hydrogen) atoms. The van der Waals surface area contributed by atoms with Crippen LogP contribution in [-0.2, 0) is 0 Å². The first-order chi connectivity index (χ1) is 10.7. The Balaban J connectivity index is 1.97. The van der Waals surface area contributed by atoms with Crippen molar-refractivity contribution in [2.45, 2.75) is 0 Å². The van der Waals surface area contributed by atoms with Gasteiger partial charge in [0, 0.05) is 11.2 Å². The van der Waals surface area contributed by atoms with Crippen molar-refractivity contribution >= 4 is 29.8 Å². The van der Waals surface area contributed by atoms with E-state index >= 15 is 0 Å². The minimum absolute atomic E-state index is 0.333. The molecule has 0 aliphatic rings. The molecule has 5 heteroatoms. The summed E-state index contributed by atoms with van der Waals surface area (Å²) in [6, 6.07) is 14.6. The zero-order valence-electron chi connectivity index (χ0n) is 12.0. The molecule has 4 nitrogen and oxygen atoms in total. The summed E-state index contributed by atoms with van der Waals surface area (Å²) in [7, 11) is 1.49. The molecule has 112 valence electrons. The molecule has 0 saturated carbocycles. The molecule has 0 atom stereocenters. The summed E-state index contributed by atoms with van der Waals surface area (Å²) in [5, 5.41) is 4.32. The van der Waals surface area contributed by atoms with E-state index in [1.165, 1.54) is 19.4 Å². The average Bonchev–Trinajstić information content (AvgIpc) is 2.55. The van der Waals surface area contributed by atoms with Crippen LogP contribution in [0, 0.1) is 0 Å². The first kappa shape index (κ1) is 15.8. The van der Waals surface area contributed by atoms with Crippen molar-refractivity contribution in [1.29, 1.82) is 0 Å². The fourth-order valence-corrected chi connectivity index (χ4v) is 1.95. The Bertz CT molecular complexity index is 697. The monoisotopic (exact) mass is 314 g/mol. The van der Waals surface area contributed by atoms with Gasteiger partial charge in [0.2, 0.25) is 0 Å². The number of methoxy groups -OCH3 is 1. The maximum absolute atomic E-state index is 12.0. The molecule has 0 aliphatic heterocycles. The SMILES string of the molecule is COc1ccc(Cl)cc1C(=O)N/N=C/C=C/c1ccccc1. The van der Waals surface area contributed by atoms with Gasteiger partial charge in [0.15, 0.2) is 0 Å². The van der Waals surface area contributed by atoms with E-state index < -0.39 is 0 Å². The predicted octanol–water partition coefficient (Wildman–Crippen LogP) is 3.78. The zero-order chi connectivity index (χ0) is 15.8. The van der Waals surface area contributed by atoms with Gasteiger partial charge in [-0.2, -0.15) is 5.10 Å². The van der Waals surface area contributed by atoms with Gasteiger partial charge in [-0.3, -0.25) is 4.79 Å². The van der Waals surface area contributed by atoms with Crippen molar-refractivity contribution in [3.63, 3.8) is 0 Å². The van der Waals surface area contributed by atoms with Gasteiger partial charge >= 0.3 is 0 Å². The van der Waals surface area contributed by atoms with Crippen LogP contribution in [0.3, 0.4) is 0 Å². The van der Waals surface area contributed by atoms with Gasteiger partial charge in [-0.25, -0.2) is 5.43 Å². The van der Waals surface area contributed by atoms with Crippen molar-refractivity contribution < 1.29 is 9.53 Å². The second-order valence-electron chi connectivity index (χ2n) is 4.33. The highest BCUT2D eigenvalue weighted by atomic mass is 35.5.